The molecule has 4 aromatic rings. The van der Waals surface area contributed by atoms with Crippen LogP contribution in [-0.4, -0.2) is 159 Å². The number of anilines is 1. The molecule has 2 aliphatic rings. The number of nitrogens with zero attached hydrogens (tertiary/aromatic N) is 8. The van der Waals surface area contributed by atoms with Gasteiger partial charge in [-0.1, -0.05) is 49.1 Å². The second-order valence-corrected chi connectivity index (χ2v) is 14.2. The van der Waals surface area contributed by atoms with Gasteiger partial charge in [-0.3, -0.25) is 9.13 Å². The van der Waals surface area contributed by atoms with Crippen molar-refractivity contribution in [3.63, 3.8) is 0 Å². The van der Waals surface area contributed by atoms with Crippen molar-refractivity contribution in [3.05, 3.63) is 30.5 Å². The minimum absolute atomic E-state index is 0.190. The number of imidazole rings is 2. The number of rotatable bonds is 20. The summed E-state index contributed by atoms with van der Waals surface area (Å²) in [6, 6.07) is 0. The standard InChI is InChI=1S/C19H28N6O4.C10H11ClN4O4.C9H18N2/c1-2-7-20-8-5-3-4-6-9-21-17-14-18(23-11-22-17)25(12-24-14)19-16(28)15(27)13(10-26)29-19;11-8-5-9(13-2-12-8)15(3-14-5)10-7(18)6(17)4(1-16)19-10;1-2-8-11-9-6-4-3-5-7-10/h1,11-13,15-16,19-20,26-28H,3-10H2,(H,21,22,23);2-4,6-7,10,16-18H,1H2;1,11H,3-10H2/t13-,15?,16+,19-;4-,6?,7+,10-;/m11./s1. The van der Waals surface area contributed by atoms with E-state index in [4.69, 9.17) is 44.8 Å². The van der Waals surface area contributed by atoms with E-state index in [1.807, 2.05) is 0 Å². The van der Waals surface area contributed by atoms with Crippen LogP contribution in [0.4, 0.5) is 5.82 Å². The maximum absolute atomic E-state index is 10.2. The molecule has 2 unspecified atom stereocenters. The monoisotopic (exact) mass is 844 g/mol. The maximum Gasteiger partial charge on any atom is 0.167 e. The molecule has 4 aromatic heterocycles. The second kappa shape index (κ2) is 25.5. The van der Waals surface area contributed by atoms with Gasteiger partial charge in [0.2, 0.25) is 0 Å². The molecule has 2 fully saturated rings. The Morgan fingerprint density at radius 2 is 1.12 bits per heavy atom. The molecule has 2 saturated heterocycles. The zero-order valence-corrected chi connectivity index (χ0v) is 33.7. The third-order valence-corrected chi connectivity index (χ3v) is 9.87. The second-order valence-electron chi connectivity index (χ2n) is 13.8. The lowest BCUT2D eigenvalue weighted by molar-refractivity contribution is -0.0511. The third kappa shape index (κ3) is 13.2. The van der Waals surface area contributed by atoms with Crippen molar-refractivity contribution in [1.82, 2.24) is 49.7 Å². The largest absolute Gasteiger partial charge is 0.394 e. The number of halogens is 1. The van der Waals surface area contributed by atoms with Gasteiger partial charge in [-0.05, 0) is 45.3 Å². The van der Waals surface area contributed by atoms with Crippen LogP contribution in [0.25, 0.3) is 22.3 Å². The predicted octanol–water partition coefficient (Wildman–Crippen LogP) is -0.548. The third-order valence-electron chi connectivity index (χ3n) is 9.59. The van der Waals surface area contributed by atoms with E-state index < -0.39 is 55.7 Å². The van der Waals surface area contributed by atoms with Crippen LogP contribution in [0.3, 0.4) is 0 Å². The summed E-state index contributed by atoms with van der Waals surface area (Å²) in [5, 5.41) is 68.0. The molecule has 0 aliphatic carbocycles. The Hall–Kier alpha value is -4.13. The van der Waals surface area contributed by atoms with E-state index in [1.54, 1.807) is 4.57 Å². The quantitative estimate of drug-likeness (QED) is 0.0303. The molecule has 0 radical (unpaired) electrons. The number of ether oxygens (including phenoxy) is 2. The van der Waals surface area contributed by atoms with Crippen molar-refractivity contribution >= 4 is 39.7 Å². The van der Waals surface area contributed by atoms with Crippen LogP contribution in [0.1, 0.15) is 63.8 Å². The van der Waals surface area contributed by atoms with E-state index in [0.29, 0.717) is 41.2 Å². The zero-order chi connectivity index (χ0) is 42.6. The smallest absolute Gasteiger partial charge is 0.167 e. The summed E-state index contributed by atoms with van der Waals surface area (Å²) in [6.07, 6.45) is 16.8. The Morgan fingerprint density at radius 3 is 1.61 bits per heavy atom. The van der Waals surface area contributed by atoms with Crippen LogP contribution in [0, 0.1) is 24.7 Å². The number of nitrogens with two attached hydrogens (primary N) is 1. The Kier molecular flexibility index (Phi) is 20.5. The van der Waals surface area contributed by atoms with Crippen molar-refractivity contribution in [2.45, 2.75) is 100 Å². The number of hydrogen-bond acceptors (Lipinski definition) is 18. The summed E-state index contributed by atoms with van der Waals surface area (Å²) in [4.78, 5) is 24.7. The van der Waals surface area contributed by atoms with Crippen LogP contribution in [-0.2, 0) is 9.47 Å². The van der Waals surface area contributed by atoms with E-state index in [2.05, 4.69) is 57.7 Å². The highest BCUT2D eigenvalue weighted by Gasteiger charge is 2.45. The summed E-state index contributed by atoms with van der Waals surface area (Å²) in [6.45, 7) is 4.07. The van der Waals surface area contributed by atoms with E-state index >= 15 is 0 Å². The van der Waals surface area contributed by atoms with Gasteiger partial charge in [0.1, 0.15) is 54.8 Å². The van der Waals surface area contributed by atoms with Gasteiger partial charge in [-0.2, -0.15) is 0 Å². The first-order chi connectivity index (χ1) is 28.7. The number of aliphatic hydroxyl groups is 6. The zero-order valence-electron chi connectivity index (χ0n) is 32.9. The van der Waals surface area contributed by atoms with E-state index in [1.165, 1.54) is 49.1 Å². The van der Waals surface area contributed by atoms with Crippen molar-refractivity contribution in [2.75, 3.05) is 57.8 Å². The van der Waals surface area contributed by atoms with Gasteiger partial charge in [0, 0.05) is 6.54 Å². The highest BCUT2D eigenvalue weighted by Crippen LogP contribution is 2.33. The molecule has 2 aliphatic heterocycles. The summed E-state index contributed by atoms with van der Waals surface area (Å²) < 4.78 is 14.0. The first kappa shape index (κ1) is 47.5. The number of unbranched alkanes of at least 4 members (excludes halogenated alkanes) is 6. The molecule has 0 aromatic carbocycles. The van der Waals surface area contributed by atoms with Crippen LogP contribution >= 0.6 is 11.6 Å². The molecule has 11 N–H and O–H groups in total. The van der Waals surface area contributed by atoms with Crippen molar-refractivity contribution in [2.24, 2.45) is 5.73 Å². The van der Waals surface area contributed by atoms with Crippen molar-refractivity contribution < 1.29 is 40.1 Å². The molecule has 20 nitrogen and oxygen atoms in total. The SMILES string of the molecule is C#CCNCCCCCCN.C#CCNCCCCCCNc1ncnc2c1ncn2[C@@H]1O[C@H](CO)C(O)[C@@H]1O.OC[C@H]1O[C@@H](n2cnc3c(Cl)ncnc32)[C@@H](O)C1O. The van der Waals surface area contributed by atoms with Crippen LogP contribution < -0.4 is 21.7 Å². The van der Waals surface area contributed by atoms with Gasteiger partial charge >= 0.3 is 0 Å². The van der Waals surface area contributed by atoms with Crippen molar-refractivity contribution in [3.8, 4) is 24.7 Å². The lowest BCUT2D eigenvalue weighted by Crippen LogP contribution is -2.33. The Labute approximate surface area is 348 Å². The van der Waals surface area contributed by atoms with E-state index in [9.17, 15) is 25.5 Å². The fraction of sp³-hybridized carbons (Fsp3) is 0.632. The van der Waals surface area contributed by atoms with Crippen LogP contribution in [0.2, 0.25) is 5.15 Å². The fourth-order valence-corrected chi connectivity index (χ4v) is 6.58. The number of terminal acetylenes is 2. The van der Waals surface area contributed by atoms with Gasteiger partial charge in [0.05, 0.1) is 39.0 Å². The number of nitrogens with one attached hydrogen (secondary N) is 3. The first-order valence-corrected chi connectivity index (χ1v) is 20.1. The number of aromatic nitrogens is 8. The number of fused-ring (bicyclic) bond motifs is 2. The summed E-state index contributed by atoms with van der Waals surface area (Å²) in [5.41, 5.74) is 7.15. The molecule has 6 heterocycles. The molecule has 0 amide bonds. The molecular formula is C38H57ClN12O8. The van der Waals surface area contributed by atoms with Crippen LogP contribution in [0.15, 0.2) is 25.3 Å². The molecule has 21 heteroatoms. The minimum atomic E-state index is -1.19. The number of hydrogen-bond donors (Lipinski definition) is 10. The number of aliphatic hydroxyl groups excluding tert-OH is 6. The average Bonchev–Trinajstić information content (AvgIpc) is 4.02. The minimum Gasteiger partial charge on any atom is -0.394 e. The molecular weight excluding hydrogens is 788 g/mol. The highest BCUT2D eigenvalue weighted by atomic mass is 35.5. The van der Waals surface area contributed by atoms with Gasteiger partial charge < -0.3 is 61.8 Å². The maximum atomic E-state index is 10.2. The molecule has 0 saturated carbocycles. The molecule has 8 atom stereocenters. The molecule has 0 spiro atoms. The predicted molar refractivity (Wildman–Crippen MR) is 220 cm³/mol. The van der Waals surface area contributed by atoms with Gasteiger partial charge in [-0.25, -0.2) is 29.9 Å². The molecule has 324 valence electrons. The van der Waals surface area contributed by atoms with E-state index in [0.717, 1.165) is 58.3 Å². The lowest BCUT2D eigenvalue weighted by Gasteiger charge is -2.16. The van der Waals surface area contributed by atoms with Crippen molar-refractivity contribution in [1.29, 1.82) is 0 Å². The van der Waals surface area contributed by atoms with E-state index in [-0.39, 0.29) is 11.8 Å². The molecule has 0 bridgehead atoms. The Bertz CT molecular complexity index is 1910. The average molecular weight is 845 g/mol. The lowest BCUT2D eigenvalue weighted by atomic mass is 10.1. The van der Waals surface area contributed by atoms with Crippen LogP contribution in [0.5, 0.6) is 0 Å². The summed E-state index contributed by atoms with van der Waals surface area (Å²) in [7, 11) is 0. The Balaban J connectivity index is 0.000000219. The fourth-order valence-electron chi connectivity index (χ4n) is 6.40. The summed E-state index contributed by atoms with van der Waals surface area (Å²) >= 11 is 5.88. The summed E-state index contributed by atoms with van der Waals surface area (Å²) in [5.74, 6) is 5.70. The van der Waals surface area contributed by atoms with Gasteiger partial charge in [0.25, 0.3) is 0 Å². The van der Waals surface area contributed by atoms with Gasteiger partial charge in [-0.15, -0.1) is 12.8 Å². The molecule has 59 heavy (non-hydrogen) atoms. The topological polar surface area (TPSA) is 289 Å². The highest BCUT2D eigenvalue weighted by molar-refractivity contribution is 6.33. The van der Waals surface area contributed by atoms with Gasteiger partial charge in [0.15, 0.2) is 40.2 Å². The Morgan fingerprint density at radius 1 is 0.644 bits per heavy atom. The first-order valence-electron chi connectivity index (χ1n) is 19.7. The normalized spacial score (nSPS) is 23.6. The molecule has 6 rings (SSSR count).